The van der Waals surface area contributed by atoms with Crippen LogP contribution in [-0.4, -0.2) is 48.3 Å². The summed E-state index contributed by atoms with van der Waals surface area (Å²) in [6.45, 7) is 2.18. The molecule has 0 saturated heterocycles. The van der Waals surface area contributed by atoms with E-state index in [1.165, 1.54) is 43.0 Å². The van der Waals surface area contributed by atoms with Gasteiger partial charge >= 0.3 is 12.1 Å². The van der Waals surface area contributed by atoms with Crippen LogP contribution in [0.3, 0.4) is 0 Å². The third kappa shape index (κ3) is 4.85. The maximum Gasteiger partial charge on any atom is 0.404 e. The van der Waals surface area contributed by atoms with E-state index >= 15 is 0 Å². The van der Waals surface area contributed by atoms with E-state index in [4.69, 9.17) is 4.74 Å². The Kier molecular flexibility index (Phi) is 6.99. The van der Waals surface area contributed by atoms with Gasteiger partial charge in [-0.05, 0) is 43.7 Å². The first-order valence-corrected chi connectivity index (χ1v) is 12.9. The van der Waals surface area contributed by atoms with Crippen LogP contribution in [-0.2, 0) is 14.8 Å². The number of aryl methyl sites for hydroxylation is 1. The molecule has 0 bridgehead atoms. The standard InChI is InChI=1S/C23H17F4N5O4S2/c1-11-6-18-14(7-16(11)24)15(8-28)20(32(18)22-30-10-19(37-22)21(33)36-3)17-5-4-13(9-29-17)38(34,35)31-12(2)23(25,26)27/h4-7,9-10,12,31H,1-3H3/t12-/m0/s1. The summed E-state index contributed by atoms with van der Waals surface area (Å²) in [6, 6.07) is 4.55. The van der Waals surface area contributed by atoms with Gasteiger partial charge in [0.05, 0.1) is 35.8 Å². The predicted molar refractivity (Wildman–Crippen MR) is 129 cm³/mol. The second-order valence-electron chi connectivity index (χ2n) is 8.05. The van der Waals surface area contributed by atoms with E-state index in [1.54, 1.807) is 4.72 Å². The summed E-state index contributed by atoms with van der Waals surface area (Å²) >= 11 is 0.927. The average Bonchev–Trinajstić information content (AvgIpc) is 3.45. The highest BCUT2D eigenvalue weighted by Crippen LogP contribution is 2.38. The summed E-state index contributed by atoms with van der Waals surface area (Å²) in [6.07, 6.45) is -2.69. The van der Waals surface area contributed by atoms with Gasteiger partial charge in [-0.25, -0.2) is 22.6 Å². The van der Waals surface area contributed by atoms with Gasteiger partial charge in [0.15, 0.2) is 5.13 Å². The summed E-state index contributed by atoms with van der Waals surface area (Å²) in [4.78, 5) is 19.9. The van der Waals surface area contributed by atoms with Crippen molar-refractivity contribution in [2.75, 3.05) is 7.11 Å². The molecule has 4 rings (SSSR count). The summed E-state index contributed by atoms with van der Waals surface area (Å²) in [7, 11) is -3.38. The summed E-state index contributed by atoms with van der Waals surface area (Å²) in [5.41, 5.74) is 0.768. The number of fused-ring (bicyclic) bond motifs is 1. The Bertz CT molecular complexity index is 1700. The number of rotatable bonds is 6. The fourth-order valence-electron chi connectivity index (χ4n) is 3.58. The predicted octanol–water partition coefficient (Wildman–Crippen LogP) is 4.48. The van der Waals surface area contributed by atoms with Crippen molar-refractivity contribution in [2.45, 2.75) is 31.0 Å². The van der Waals surface area contributed by atoms with Gasteiger partial charge < -0.3 is 4.74 Å². The van der Waals surface area contributed by atoms with Crippen LogP contribution < -0.4 is 4.72 Å². The van der Waals surface area contributed by atoms with Crippen LogP contribution in [0.25, 0.3) is 27.4 Å². The van der Waals surface area contributed by atoms with Crippen LogP contribution in [0.4, 0.5) is 17.6 Å². The lowest BCUT2D eigenvalue weighted by atomic mass is 10.1. The number of esters is 1. The molecule has 0 unspecified atom stereocenters. The zero-order valence-corrected chi connectivity index (χ0v) is 21.4. The van der Waals surface area contributed by atoms with Gasteiger partial charge in [0.25, 0.3) is 0 Å². The van der Waals surface area contributed by atoms with E-state index in [0.29, 0.717) is 12.4 Å². The SMILES string of the molecule is COC(=O)c1cnc(-n2c(-c3ccc(S(=O)(=O)N[C@@H](C)C(F)(F)F)cn3)c(C#N)c3cc(F)c(C)cc32)s1. The zero-order valence-electron chi connectivity index (χ0n) is 19.8. The van der Waals surface area contributed by atoms with E-state index in [9.17, 15) is 36.0 Å². The molecule has 0 fully saturated rings. The molecule has 4 aromatic rings. The minimum absolute atomic E-state index is 0.0133. The number of ether oxygens (including phenoxy) is 1. The first-order valence-electron chi connectivity index (χ1n) is 10.6. The second kappa shape index (κ2) is 9.78. The number of halogens is 4. The molecule has 3 aromatic heterocycles. The number of nitrogens with one attached hydrogen (secondary N) is 1. The lowest BCUT2D eigenvalue weighted by molar-refractivity contribution is -0.147. The smallest absolute Gasteiger partial charge is 0.404 e. The van der Waals surface area contributed by atoms with Crippen molar-refractivity contribution in [1.29, 1.82) is 5.26 Å². The van der Waals surface area contributed by atoms with Gasteiger partial charge in [0.1, 0.15) is 27.7 Å². The highest BCUT2D eigenvalue weighted by atomic mass is 32.2. The van der Waals surface area contributed by atoms with Crippen LogP contribution in [0, 0.1) is 24.1 Å². The number of hydrogen-bond donors (Lipinski definition) is 1. The number of benzene rings is 1. The number of carbonyl (C=O) groups is 1. The molecule has 0 amide bonds. The van der Waals surface area contributed by atoms with Crippen molar-refractivity contribution in [1.82, 2.24) is 19.3 Å². The maximum absolute atomic E-state index is 14.5. The number of pyridine rings is 1. The fraction of sp³-hybridized carbons (Fsp3) is 0.217. The molecule has 198 valence electrons. The quantitative estimate of drug-likeness (QED) is 0.269. The molecule has 9 nitrogen and oxygen atoms in total. The minimum Gasteiger partial charge on any atom is -0.465 e. The molecule has 0 saturated carbocycles. The van der Waals surface area contributed by atoms with Crippen molar-refractivity contribution in [3.8, 4) is 22.6 Å². The number of nitriles is 1. The van der Waals surface area contributed by atoms with E-state index in [-0.39, 0.29) is 37.9 Å². The Balaban J connectivity index is 1.91. The third-order valence-electron chi connectivity index (χ3n) is 5.54. The Labute approximate surface area is 217 Å². The number of aromatic nitrogens is 3. The molecule has 1 aromatic carbocycles. The van der Waals surface area contributed by atoms with Gasteiger partial charge in [-0.1, -0.05) is 11.3 Å². The van der Waals surface area contributed by atoms with E-state index in [2.05, 4.69) is 9.97 Å². The number of hydrogen-bond acceptors (Lipinski definition) is 8. The lowest BCUT2D eigenvalue weighted by Crippen LogP contribution is -2.42. The molecule has 38 heavy (non-hydrogen) atoms. The molecule has 3 heterocycles. The Morgan fingerprint density at radius 3 is 2.53 bits per heavy atom. The summed E-state index contributed by atoms with van der Waals surface area (Å²) in [5, 5.41) is 10.4. The highest BCUT2D eigenvalue weighted by Gasteiger charge is 2.39. The minimum atomic E-state index is -4.80. The van der Waals surface area contributed by atoms with Gasteiger partial charge in [-0.15, -0.1) is 0 Å². The van der Waals surface area contributed by atoms with E-state index in [1.807, 2.05) is 6.07 Å². The summed E-state index contributed by atoms with van der Waals surface area (Å²) in [5.74, 6) is -1.23. The van der Waals surface area contributed by atoms with Gasteiger partial charge in [-0.2, -0.15) is 23.2 Å². The highest BCUT2D eigenvalue weighted by molar-refractivity contribution is 7.89. The van der Waals surface area contributed by atoms with Crippen molar-refractivity contribution in [2.24, 2.45) is 0 Å². The van der Waals surface area contributed by atoms with Gasteiger partial charge in [0, 0.05) is 11.6 Å². The van der Waals surface area contributed by atoms with Crippen LogP contribution in [0.5, 0.6) is 0 Å². The topological polar surface area (TPSA) is 127 Å². The first-order chi connectivity index (χ1) is 17.8. The van der Waals surface area contributed by atoms with Crippen molar-refractivity contribution in [3.05, 3.63) is 58.5 Å². The third-order valence-corrected chi connectivity index (χ3v) is 8.03. The number of sulfonamides is 1. The molecule has 0 radical (unpaired) electrons. The molecule has 0 spiro atoms. The molecule has 0 aliphatic heterocycles. The fourth-order valence-corrected chi connectivity index (χ4v) is 5.60. The second-order valence-corrected chi connectivity index (χ2v) is 10.8. The molecule has 0 aliphatic rings. The molecular weight excluding hydrogens is 550 g/mol. The molecule has 15 heteroatoms. The van der Waals surface area contributed by atoms with E-state index < -0.39 is 38.9 Å². The number of nitrogens with zero attached hydrogens (tertiary/aromatic N) is 4. The first kappa shape index (κ1) is 27.2. The number of alkyl halides is 3. The number of carbonyl (C=O) groups excluding carboxylic acids is 1. The maximum atomic E-state index is 14.5. The Hall–Kier alpha value is -3.87. The van der Waals surface area contributed by atoms with Gasteiger partial charge in [-0.3, -0.25) is 9.55 Å². The van der Waals surface area contributed by atoms with Crippen LogP contribution >= 0.6 is 11.3 Å². The monoisotopic (exact) mass is 567 g/mol. The zero-order chi connectivity index (χ0) is 28.0. The van der Waals surface area contributed by atoms with Crippen molar-refractivity contribution >= 4 is 38.2 Å². The van der Waals surface area contributed by atoms with Crippen molar-refractivity contribution < 1.29 is 35.5 Å². The summed E-state index contributed by atoms with van der Waals surface area (Å²) < 4.78 is 85.7. The lowest BCUT2D eigenvalue weighted by Gasteiger charge is -2.17. The van der Waals surface area contributed by atoms with Crippen molar-refractivity contribution in [3.63, 3.8) is 0 Å². The van der Waals surface area contributed by atoms with E-state index in [0.717, 1.165) is 23.6 Å². The number of methoxy groups -OCH3 is 1. The largest absolute Gasteiger partial charge is 0.465 e. The van der Waals surface area contributed by atoms with Crippen LogP contribution in [0.15, 0.2) is 41.6 Å². The molecular formula is C23H17F4N5O4S2. The van der Waals surface area contributed by atoms with Crippen LogP contribution in [0.1, 0.15) is 27.7 Å². The molecule has 1 N–H and O–H groups in total. The number of thiazole rings is 1. The van der Waals surface area contributed by atoms with Crippen LogP contribution in [0.2, 0.25) is 0 Å². The molecule has 0 aliphatic carbocycles. The molecule has 1 atom stereocenters. The van der Waals surface area contributed by atoms with Gasteiger partial charge in [0.2, 0.25) is 10.0 Å². The normalized spacial score (nSPS) is 12.9. The Morgan fingerprint density at radius 1 is 1.24 bits per heavy atom. The average molecular weight is 568 g/mol. The Morgan fingerprint density at radius 2 is 1.95 bits per heavy atom.